The van der Waals surface area contributed by atoms with Crippen molar-refractivity contribution in [2.24, 2.45) is 0 Å². The molecule has 0 aromatic heterocycles. The van der Waals surface area contributed by atoms with Gasteiger partial charge < -0.3 is 14.4 Å². The van der Waals surface area contributed by atoms with E-state index < -0.39 is 17.2 Å². The van der Waals surface area contributed by atoms with E-state index in [2.05, 4.69) is 0 Å². The molecule has 1 aromatic rings. The normalized spacial score (nSPS) is 34.2. The fourth-order valence-corrected chi connectivity index (χ4v) is 3.46. The molecule has 21 heavy (non-hydrogen) atoms. The lowest BCUT2D eigenvalue weighted by atomic mass is 9.95. The third kappa shape index (κ3) is 1.59. The van der Waals surface area contributed by atoms with Crippen molar-refractivity contribution < 1.29 is 18.7 Å². The van der Waals surface area contributed by atoms with Crippen molar-refractivity contribution in [3.8, 4) is 0 Å². The number of fused-ring (bicyclic) bond motifs is 2. The molecular weight excluding hydrogens is 273 g/mol. The van der Waals surface area contributed by atoms with Gasteiger partial charge in [0.15, 0.2) is 11.4 Å². The van der Waals surface area contributed by atoms with Crippen molar-refractivity contribution in [1.29, 1.82) is 0 Å². The van der Waals surface area contributed by atoms with Gasteiger partial charge in [-0.1, -0.05) is 6.07 Å². The van der Waals surface area contributed by atoms with Gasteiger partial charge in [-0.3, -0.25) is 4.79 Å². The van der Waals surface area contributed by atoms with Crippen molar-refractivity contribution in [3.63, 3.8) is 0 Å². The van der Waals surface area contributed by atoms with E-state index in [1.807, 2.05) is 0 Å². The van der Waals surface area contributed by atoms with E-state index in [4.69, 9.17) is 9.47 Å². The Morgan fingerprint density at radius 3 is 2.90 bits per heavy atom. The zero-order chi connectivity index (χ0) is 14.7. The molecule has 4 rings (SSSR count). The predicted octanol–water partition coefficient (Wildman–Crippen LogP) is 2.48. The van der Waals surface area contributed by atoms with Crippen LogP contribution in [0.15, 0.2) is 30.4 Å². The van der Waals surface area contributed by atoms with E-state index in [9.17, 15) is 9.18 Å². The second-order valence-corrected chi connectivity index (χ2v) is 5.79. The molecule has 0 saturated carbocycles. The first kappa shape index (κ1) is 13.0. The summed E-state index contributed by atoms with van der Waals surface area (Å²) in [6, 6.07) is 4.69. The van der Waals surface area contributed by atoms with E-state index in [1.54, 1.807) is 31.3 Å². The summed E-state index contributed by atoms with van der Waals surface area (Å²) in [5.41, 5.74) is -0.537. The molecule has 1 amide bonds. The van der Waals surface area contributed by atoms with Crippen molar-refractivity contribution in [2.45, 2.75) is 30.7 Å². The van der Waals surface area contributed by atoms with Crippen molar-refractivity contribution in [1.82, 2.24) is 0 Å². The fourth-order valence-electron chi connectivity index (χ4n) is 3.46. The second kappa shape index (κ2) is 4.15. The van der Waals surface area contributed by atoms with Gasteiger partial charge in [0.25, 0.3) is 5.91 Å². The summed E-state index contributed by atoms with van der Waals surface area (Å²) in [6.07, 6.45) is 6.07. The quantitative estimate of drug-likeness (QED) is 0.689. The molecule has 0 aliphatic carbocycles. The molecule has 5 heteroatoms. The Kier molecular flexibility index (Phi) is 2.56. The number of likely N-dealkylation sites (N-methyl/N-ethyl adjacent to an activating group) is 1. The average molecular weight is 289 g/mol. The van der Waals surface area contributed by atoms with Gasteiger partial charge in [-0.25, -0.2) is 4.39 Å². The maximum Gasteiger partial charge on any atom is 0.268 e. The van der Waals surface area contributed by atoms with Crippen LogP contribution >= 0.6 is 0 Å². The average Bonchev–Trinajstić information content (AvgIpc) is 2.95. The van der Waals surface area contributed by atoms with Crippen LogP contribution in [0.4, 0.5) is 10.1 Å². The number of amides is 1. The minimum Gasteiger partial charge on any atom is -0.346 e. The predicted molar refractivity (Wildman–Crippen MR) is 74.2 cm³/mol. The van der Waals surface area contributed by atoms with E-state index in [0.717, 1.165) is 12.8 Å². The molecule has 0 N–H and O–H groups in total. The molecule has 3 heterocycles. The number of halogens is 1. The Morgan fingerprint density at radius 2 is 2.14 bits per heavy atom. The van der Waals surface area contributed by atoms with Crippen molar-refractivity contribution >= 4 is 11.6 Å². The summed E-state index contributed by atoms with van der Waals surface area (Å²) in [5, 5.41) is 0. The van der Waals surface area contributed by atoms with E-state index in [0.29, 0.717) is 24.3 Å². The van der Waals surface area contributed by atoms with Crippen LogP contribution in [0.25, 0.3) is 0 Å². The summed E-state index contributed by atoms with van der Waals surface area (Å²) in [4.78, 5) is 14.1. The maximum atomic E-state index is 14.4. The largest absolute Gasteiger partial charge is 0.346 e. The van der Waals surface area contributed by atoms with Gasteiger partial charge in [-0.2, -0.15) is 0 Å². The number of carbonyl (C=O) groups is 1. The topological polar surface area (TPSA) is 38.8 Å². The molecule has 2 unspecified atom stereocenters. The number of hydrogen-bond donors (Lipinski definition) is 0. The molecule has 110 valence electrons. The van der Waals surface area contributed by atoms with Gasteiger partial charge in [-0.15, -0.1) is 0 Å². The van der Waals surface area contributed by atoms with Crippen LogP contribution in [-0.4, -0.2) is 25.3 Å². The third-order valence-corrected chi connectivity index (χ3v) is 4.52. The van der Waals surface area contributed by atoms with Gasteiger partial charge in [-0.05, 0) is 37.1 Å². The number of rotatable bonds is 0. The molecule has 3 aliphatic rings. The Labute approximate surface area is 122 Å². The summed E-state index contributed by atoms with van der Waals surface area (Å²) >= 11 is 0. The number of carbonyl (C=O) groups excluding carboxylic acids is 1. The molecule has 0 radical (unpaired) electrons. The van der Waals surface area contributed by atoms with Gasteiger partial charge in [0.1, 0.15) is 5.82 Å². The summed E-state index contributed by atoms with van der Waals surface area (Å²) in [6.45, 7) is 0.592. The molecule has 1 fully saturated rings. The lowest BCUT2D eigenvalue weighted by Crippen LogP contribution is -2.44. The second-order valence-electron chi connectivity index (χ2n) is 5.79. The zero-order valence-electron chi connectivity index (χ0n) is 11.8. The first-order valence-electron chi connectivity index (χ1n) is 7.20. The summed E-state index contributed by atoms with van der Waals surface area (Å²) < 4.78 is 26.2. The summed E-state index contributed by atoms with van der Waals surface area (Å²) in [7, 11) is 1.64. The highest BCUT2D eigenvalue weighted by Crippen LogP contribution is 2.51. The smallest absolute Gasteiger partial charge is 0.268 e. The van der Waals surface area contributed by atoms with Crippen LogP contribution < -0.4 is 4.90 Å². The number of hydrogen-bond acceptors (Lipinski definition) is 3. The number of ether oxygens (including phenoxy) is 2. The highest BCUT2D eigenvalue weighted by atomic mass is 19.1. The highest BCUT2D eigenvalue weighted by Gasteiger charge is 2.58. The molecule has 2 spiro atoms. The van der Waals surface area contributed by atoms with Crippen LogP contribution in [-0.2, 0) is 19.9 Å². The van der Waals surface area contributed by atoms with Gasteiger partial charge in [0, 0.05) is 13.5 Å². The first-order chi connectivity index (χ1) is 10.1. The number of anilines is 1. The van der Waals surface area contributed by atoms with Crippen molar-refractivity contribution in [2.75, 3.05) is 18.6 Å². The zero-order valence-corrected chi connectivity index (χ0v) is 11.8. The molecule has 1 aromatic carbocycles. The molecule has 3 aliphatic heterocycles. The highest BCUT2D eigenvalue weighted by molar-refractivity contribution is 6.08. The minimum absolute atomic E-state index is 0.273. The van der Waals surface area contributed by atoms with Gasteiger partial charge in [0.05, 0.1) is 17.9 Å². The van der Waals surface area contributed by atoms with Crippen LogP contribution in [0.3, 0.4) is 0 Å². The van der Waals surface area contributed by atoms with Gasteiger partial charge >= 0.3 is 0 Å². The van der Waals surface area contributed by atoms with Gasteiger partial charge in [0.2, 0.25) is 0 Å². The number of nitrogens with zero attached hydrogens (tertiary/aromatic N) is 1. The molecule has 4 nitrogen and oxygen atoms in total. The third-order valence-electron chi connectivity index (χ3n) is 4.52. The standard InChI is InChI=1S/C16H16FNO3/c1-18-12-6-4-5-11(17)13(12)16(14(18)19)9-8-15(21-16)7-2-3-10-20-15/h4-6,8-9H,2-3,7,10H2,1H3. The Bertz CT molecular complexity index is 651. The van der Waals surface area contributed by atoms with E-state index in [1.165, 1.54) is 11.0 Å². The summed E-state index contributed by atoms with van der Waals surface area (Å²) in [5.74, 6) is -1.59. The van der Waals surface area contributed by atoms with E-state index >= 15 is 0 Å². The maximum absolute atomic E-state index is 14.4. The Hall–Kier alpha value is -1.72. The lowest BCUT2D eigenvalue weighted by Gasteiger charge is -2.35. The molecular formula is C16H16FNO3. The van der Waals surface area contributed by atoms with Crippen LogP contribution in [0.2, 0.25) is 0 Å². The SMILES string of the molecule is CN1C(=O)C2(C=CC3(CCCCO3)O2)c2c(F)cccc21. The van der Waals surface area contributed by atoms with Crippen molar-refractivity contribution in [3.05, 3.63) is 41.7 Å². The minimum atomic E-state index is -1.38. The van der Waals surface area contributed by atoms with Crippen LogP contribution in [0.5, 0.6) is 0 Å². The molecule has 2 atom stereocenters. The molecule has 0 bridgehead atoms. The number of benzene rings is 1. The van der Waals surface area contributed by atoms with E-state index in [-0.39, 0.29) is 5.91 Å². The van der Waals surface area contributed by atoms with Crippen LogP contribution in [0.1, 0.15) is 24.8 Å². The monoisotopic (exact) mass is 289 g/mol. The molecule has 1 saturated heterocycles. The Balaban J connectivity index is 1.84. The first-order valence-corrected chi connectivity index (χ1v) is 7.20. The Morgan fingerprint density at radius 1 is 1.29 bits per heavy atom. The fraction of sp³-hybridized carbons (Fsp3) is 0.438. The lowest BCUT2D eigenvalue weighted by molar-refractivity contribution is -0.249. The van der Waals surface area contributed by atoms with Crippen LogP contribution in [0, 0.1) is 5.82 Å².